The molecule has 1 atom stereocenters. The van der Waals surface area contributed by atoms with Gasteiger partial charge in [0.15, 0.2) is 0 Å². The summed E-state index contributed by atoms with van der Waals surface area (Å²) in [6.45, 7) is 2.24. The monoisotopic (exact) mass is 427 g/mol. The zero-order valence-corrected chi connectivity index (χ0v) is 17.5. The molecule has 1 aliphatic carbocycles. The number of hydrogen-bond donors (Lipinski definition) is 2. The average Bonchev–Trinajstić information content (AvgIpc) is 3.25. The van der Waals surface area contributed by atoms with Crippen LogP contribution in [0.15, 0.2) is 34.4 Å². The van der Waals surface area contributed by atoms with Crippen molar-refractivity contribution in [2.24, 2.45) is 5.92 Å². The second-order valence-corrected chi connectivity index (χ2v) is 9.62. The van der Waals surface area contributed by atoms with Crippen molar-refractivity contribution in [1.82, 2.24) is 9.66 Å². The molecule has 0 saturated carbocycles. The van der Waals surface area contributed by atoms with E-state index in [4.69, 9.17) is 12.2 Å². The van der Waals surface area contributed by atoms with Gasteiger partial charge in [-0.25, -0.2) is 0 Å². The molecule has 0 radical (unpaired) electrons. The molecule has 28 heavy (non-hydrogen) atoms. The minimum atomic E-state index is -0.337. The van der Waals surface area contributed by atoms with Crippen LogP contribution in [0.4, 0.5) is 0 Å². The fourth-order valence-electron chi connectivity index (χ4n) is 3.84. The molecule has 4 aromatic rings. The molecule has 2 N–H and O–H groups in total. The van der Waals surface area contributed by atoms with Gasteiger partial charge in [-0.2, -0.15) is 4.68 Å². The molecule has 0 saturated heterocycles. The Hall–Kier alpha value is -2.29. The zero-order chi connectivity index (χ0) is 19.4. The number of nitrogens with one attached hydrogen (secondary N) is 2. The first-order valence-electron chi connectivity index (χ1n) is 9.10. The van der Waals surface area contributed by atoms with Gasteiger partial charge < -0.3 is 4.98 Å². The number of benzene rings is 1. The smallest absolute Gasteiger partial charge is 0.282 e. The van der Waals surface area contributed by atoms with Gasteiger partial charge >= 0.3 is 0 Å². The Balaban J connectivity index is 1.60. The van der Waals surface area contributed by atoms with Crippen LogP contribution in [0.3, 0.4) is 0 Å². The fourth-order valence-corrected chi connectivity index (χ4v) is 6.48. The van der Waals surface area contributed by atoms with Gasteiger partial charge in [0.05, 0.1) is 10.9 Å². The van der Waals surface area contributed by atoms with E-state index in [2.05, 4.69) is 17.3 Å². The van der Waals surface area contributed by atoms with E-state index in [1.807, 2.05) is 29.6 Å². The summed E-state index contributed by atoms with van der Waals surface area (Å²) in [6.07, 6.45) is 2.95. The molecule has 0 unspecified atom stereocenters. The molecule has 142 valence electrons. The van der Waals surface area contributed by atoms with Gasteiger partial charge in [-0.05, 0) is 49.0 Å². The summed E-state index contributed by atoms with van der Waals surface area (Å²) >= 11 is 8.49. The summed E-state index contributed by atoms with van der Waals surface area (Å²) in [7, 11) is 0. The number of H-pyrrole nitrogens is 1. The van der Waals surface area contributed by atoms with Crippen LogP contribution in [0.25, 0.3) is 20.3 Å². The molecule has 1 aromatic carbocycles. The Bertz CT molecular complexity index is 1360. The first-order valence-corrected chi connectivity index (χ1v) is 11.2. The normalized spacial score (nSPS) is 16.4. The molecular weight excluding hydrogens is 410 g/mol. The van der Waals surface area contributed by atoms with Crippen LogP contribution in [0, 0.1) is 10.7 Å². The number of rotatable bonds is 2. The van der Waals surface area contributed by atoms with E-state index in [1.165, 1.54) is 20.9 Å². The molecular formula is C20H17N3O2S3. The fraction of sp³-hybridized carbons (Fsp3) is 0.250. The largest absolute Gasteiger partial charge is 0.322 e. The Labute approximate surface area is 173 Å². The highest BCUT2D eigenvalue weighted by atomic mass is 32.1. The standard InChI is InChI=1S/C20H17N3O2S3/c1-10-6-7-12-15(8-10)28-18-16(12)19(25)23(20(26)21-18)22-17(24)13-9-27-14-5-3-2-4-11(13)14/h2-5,9-10H,6-8H2,1H3,(H,21,26)(H,22,24)/t10-/m0/s1. The van der Waals surface area contributed by atoms with Crippen molar-refractivity contribution in [2.75, 3.05) is 5.43 Å². The van der Waals surface area contributed by atoms with Crippen molar-refractivity contribution in [3.63, 3.8) is 0 Å². The highest BCUT2D eigenvalue weighted by Crippen LogP contribution is 2.35. The summed E-state index contributed by atoms with van der Waals surface area (Å²) in [5, 5.41) is 3.34. The summed E-state index contributed by atoms with van der Waals surface area (Å²) in [5.74, 6) is 0.286. The maximum Gasteiger partial charge on any atom is 0.282 e. The summed E-state index contributed by atoms with van der Waals surface area (Å²) in [5.41, 5.74) is 4.11. The number of aromatic nitrogens is 2. The third kappa shape index (κ3) is 2.75. The van der Waals surface area contributed by atoms with Crippen molar-refractivity contribution in [3.8, 4) is 0 Å². The molecule has 0 aliphatic heterocycles. The number of carbonyl (C=O) groups is 1. The van der Waals surface area contributed by atoms with E-state index in [1.54, 1.807) is 11.3 Å². The van der Waals surface area contributed by atoms with E-state index in [9.17, 15) is 9.59 Å². The number of amides is 1. The Morgan fingerprint density at radius 1 is 1.36 bits per heavy atom. The molecule has 1 amide bonds. The van der Waals surface area contributed by atoms with Gasteiger partial charge in [0.2, 0.25) is 4.77 Å². The summed E-state index contributed by atoms with van der Waals surface area (Å²) in [4.78, 5) is 31.3. The Morgan fingerprint density at radius 2 is 2.18 bits per heavy atom. The van der Waals surface area contributed by atoms with E-state index >= 15 is 0 Å². The van der Waals surface area contributed by atoms with Crippen molar-refractivity contribution in [3.05, 3.63) is 60.8 Å². The second kappa shape index (κ2) is 6.65. The van der Waals surface area contributed by atoms with Crippen LogP contribution in [0.1, 0.15) is 34.1 Å². The topological polar surface area (TPSA) is 66.9 Å². The lowest BCUT2D eigenvalue weighted by Crippen LogP contribution is -2.34. The van der Waals surface area contributed by atoms with Gasteiger partial charge in [0.25, 0.3) is 11.5 Å². The van der Waals surface area contributed by atoms with Crippen molar-refractivity contribution >= 4 is 61.1 Å². The van der Waals surface area contributed by atoms with Crippen LogP contribution < -0.4 is 11.0 Å². The lowest BCUT2D eigenvalue weighted by molar-refractivity contribution is 0.101. The van der Waals surface area contributed by atoms with E-state index in [-0.39, 0.29) is 16.2 Å². The molecule has 5 nitrogen and oxygen atoms in total. The van der Waals surface area contributed by atoms with E-state index in [0.717, 1.165) is 39.7 Å². The van der Waals surface area contributed by atoms with Crippen LogP contribution in [-0.4, -0.2) is 15.6 Å². The van der Waals surface area contributed by atoms with Crippen LogP contribution in [0.2, 0.25) is 0 Å². The summed E-state index contributed by atoms with van der Waals surface area (Å²) in [6, 6.07) is 7.72. The van der Waals surface area contributed by atoms with E-state index in [0.29, 0.717) is 16.9 Å². The number of carbonyl (C=O) groups excluding carboxylic acids is 1. The average molecular weight is 428 g/mol. The number of fused-ring (bicyclic) bond motifs is 4. The quantitative estimate of drug-likeness (QED) is 0.450. The molecule has 3 aromatic heterocycles. The van der Waals surface area contributed by atoms with Gasteiger partial charge in [-0.1, -0.05) is 25.1 Å². The van der Waals surface area contributed by atoms with Crippen LogP contribution in [-0.2, 0) is 12.8 Å². The van der Waals surface area contributed by atoms with Crippen molar-refractivity contribution in [2.45, 2.75) is 26.2 Å². The van der Waals surface area contributed by atoms with Crippen molar-refractivity contribution < 1.29 is 4.79 Å². The first-order chi connectivity index (χ1) is 13.5. The molecule has 8 heteroatoms. The van der Waals surface area contributed by atoms with Gasteiger partial charge in [0, 0.05) is 20.3 Å². The first kappa shape index (κ1) is 17.8. The van der Waals surface area contributed by atoms with Gasteiger partial charge in [-0.3, -0.25) is 15.0 Å². The number of hydrogen-bond acceptors (Lipinski definition) is 5. The molecule has 5 rings (SSSR count). The number of aryl methyl sites for hydroxylation is 1. The predicted octanol–water partition coefficient (Wildman–Crippen LogP) is 4.84. The predicted molar refractivity (Wildman–Crippen MR) is 118 cm³/mol. The van der Waals surface area contributed by atoms with Crippen LogP contribution in [0.5, 0.6) is 0 Å². The third-order valence-electron chi connectivity index (χ3n) is 5.29. The molecule has 0 fully saturated rings. The highest BCUT2D eigenvalue weighted by molar-refractivity contribution is 7.71. The molecule has 1 aliphatic rings. The molecule has 0 bridgehead atoms. The second-order valence-electron chi connectivity index (χ2n) is 7.21. The third-order valence-corrected chi connectivity index (χ3v) is 7.71. The maximum atomic E-state index is 13.2. The molecule has 0 spiro atoms. The molecule has 3 heterocycles. The SMILES string of the molecule is C[C@H]1CCc2c(sc3[nH]c(=S)n(NC(=O)c4csc5ccccc45)c(=O)c23)C1. The van der Waals surface area contributed by atoms with Crippen molar-refractivity contribution in [1.29, 1.82) is 0 Å². The lowest BCUT2D eigenvalue weighted by atomic mass is 9.89. The summed E-state index contributed by atoms with van der Waals surface area (Å²) < 4.78 is 2.41. The zero-order valence-electron chi connectivity index (χ0n) is 15.1. The Morgan fingerprint density at radius 3 is 3.04 bits per heavy atom. The maximum absolute atomic E-state index is 13.2. The number of thiophene rings is 2. The highest BCUT2D eigenvalue weighted by Gasteiger charge is 2.24. The van der Waals surface area contributed by atoms with Crippen LogP contribution >= 0.6 is 34.9 Å². The number of nitrogens with zero attached hydrogens (tertiary/aromatic N) is 1. The van der Waals surface area contributed by atoms with Gasteiger partial charge in [0.1, 0.15) is 4.83 Å². The Kier molecular flexibility index (Phi) is 4.22. The van der Waals surface area contributed by atoms with E-state index < -0.39 is 0 Å². The number of aromatic amines is 1. The minimum absolute atomic E-state index is 0.206. The lowest BCUT2D eigenvalue weighted by Gasteiger charge is -2.17. The van der Waals surface area contributed by atoms with Gasteiger partial charge in [-0.15, -0.1) is 22.7 Å². The minimum Gasteiger partial charge on any atom is -0.322 e.